The summed E-state index contributed by atoms with van der Waals surface area (Å²) in [5.74, 6) is 0.0215. The second kappa shape index (κ2) is 8.52. The van der Waals surface area contributed by atoms with Gasteiger partial charge in [-0.05, 0) is 56.5 Å². The van der Waals surface area contributed by atoms with E-state index in [4.69, 9.17) is 9.47 Å². The van der Waals surface area contributed by atoms with Gasteiger partial charge in [0.15, 0.2) is 0 Å². The molecular weight excluding hydrogens is 330 g/mol. The van der Waals surface area contributed by atoms with E-state index >= 15 is 0 Å². The molecule has 0 fully saturated rings. The number of rotatable bonds is 7. The molecule has 0 aliphatic rings. The van der Waals surface area contributed by atoms with Crippen LogP contribution in [0.25, 0.3) is 0 Å². The molecule has 2 aromatic rings. The Labute approximate surface area is 154 Å². The zero-order chi connectivity index (χ0) is 19.3. The number of aryl methyl sites for hydroxylation is 3. The topological polar surface area (TPSA) is 64.6 Å². The molecule has 0 aliphatic heterocycles. The van der Waals surface area contributed by atoms with E-state index < -0.39 is 11.7 Å². The third kappa shape index (κ3) is 4.23. The predicted octanol–water partition coefficient (Wildman–Crippen LogP) is 3.52. The van der Waals surface area contributed by atoms with Gasteiger partial charge in [0, 0.05) is 18.2 Å². The summed E-state index contributed by atoms with van der Waals surface area (Å²) < 4.78 is 11.6. The smallest absolute Gasteiger partial charge is 0.292 e. The number of ketones is 1. The van der Waals surface area contributed by atoms with E-state index in [1.807, 2.05) is 26.8 Å². The minimum atomic E-state index is -0.665. The van der Waals surface area contributed by atoms with Gasteiger partial charge in [0.05, 0.1) is 6.61 Å². The van der Waals surface area contributed by atoms with Crippen molar-refractivity contribution >= 4 is 11.7 Å². The average Bonchev–Trinajstić information content (AvgIpc) is 2.63. The lowest BCUT2D eigenvalue weighted by Crippen LogP contribution is -2.28. The maximum absolute atomic E-state index is 12.4. The molecule has 0 unspecified atom stereocenters. The molecule has 1 amide bonds. The normalized spacial score (nSPS) is 10.3. The number of Topliss-reactive ketones (excluding diaryl/α,β-unsaturated/α-hetero) is 1. The first-order valence-corrected chi connectivity index (χ1v) is 8.60. The molecule has 0 saturated heterocycles. The maximum Gasteiger partial charge on any atom is 0.292 e. The van der Waals surface area contributed by atoms with E-state index in [2.05, 4.69) is 18.3 Å². The number of carbonyl (C=O) groups excluding carboxylic acids is 2. The molecule has 0 spiro atoms. The third-order valence-electron chi connectivity index (χ3n) is 4.27. The van der Waals surface area contributed by atoms with Crippen LogP contribution in [0.5, 0.6) is 11.5 Å². The first-order valence-electron chi connectivity index (χ1n) is 8.60. The van der Waals surface area contributed by atoms with Gasteiger partial charge >= 0.3 is 0 Å². The van der Waals surface area contributed by atoms with E-state index in [1.54, 1.807) is 18.2 Å². The summed E-state index contributed by atoms with van der Waals surface area (Å²) in [6.45, 7) is 8.51. The van der Waals surface area contributed by atoms with E-state index in [1.165, 1.54) is 12.6 Å². The molecule has 26 heavy (non-hydrogen) atoms. The van der Waals surface area contributed by atoms with Crippen LogP contribution in [-0.2, 0) is 11.4 Å². The first-order chi connectivity index (χ1) is 12.4. The van der Waals surface area contributed by atoms with Crippen molar-refractivity contribution in [3.8, 4) is 11.5 Å². The van der Waals surface area contributed by atoms with Gasteiger partial charge in [0.1, 0.15) is 18.1 Å². The summed E-state index contributed by atoms with van der Waals surface area (Å²) in [6.07, 6.45) is 0. The molecule has 0 bridgehead atoms. The lowest BCUT2D eigenvalue weighted by molar-refractivity contribution is -0.116. The Bertz CT molecular complexity index is 827. The van der Waals surface area contributed by atoms with Crippen LogP contribution in [0, 0.1) is 20.8 Å². The van der Waals surface area contributed by atoms with Gasteiger partial charge in [-0.2, -0.15) is 0 Å². The molecule has 0 atom stereocenters. The quantitative estimate of drug-likeness (QED) is 0.610. The lowest BCUT2D eigenvalue weighted by atomic mass is 10.0. The molecule has 0 aromatic heterocycles. The van der Waals surface area contributed by atoms with E-state index in [9.17, 15) is 9.59 Å². The van der Waals surface area contributed by atoms with Crippen LogP contribution in [0.4, 0.5) is 0 Å². The van der Waals surface area contributed by atoms with E-state index in [-0.39, 0.29) is 12.2 Å². The minimum Gasteiger partial charge on any atom is -0.493 e. The van der Waals surface area contributed by atoms with Gasteiger partial charge in [-0.3, -0.25) is 9.59 Å². The standard InChI is InChI=1S/C21H25NO4/c1-6-25-18-9-7-8-16(20(23)21(24)22-5)17(18)12-26-19-11-14(3)13(2)10-15(19)4/h7-11H,6,12H2,1-5H3,(H,22,24). The summed E-state index contributed by atoms with van der Waals surface area (Å²) in [6, 6.07) is 9.14. The molecule has 0 aliphatic carbocycles. The van der Waals surface area contributed by atoms with Crippen LogP contribution in [0.3, 0.4) is 0 Å². The Morgan fingerprint density at radius 2 is 1.65 bits per heavy atom. The first kappa shape index (κ1) is 19.5. The van der Waals surface area contributed by atoms with Crippen molar-refractivity contribution in [2.24, 2.45) is 0 Å². The number of hydrogen-bond acceptors (Lipinski definition) is 4. The van der Waals surface area contributed by atoms with Crippen LogP contribution < -0.4 is 14.8 Å². The van der Waals surface area contributed by atoms with Crippen LogP contribution in [0.1, 0.15) is 39.5 Å². The van der Waals surface area contributed by atoms with Crippen molar-refractivity contribution in [3.63, 3.8) is 0 Å². The number of amides is 1. The highest BCUT2D eigenvalue weighted by atomic mass is 16.5. The number of hydrogen-bond donors (Lipinski definition) is 1. The van der Waals surface area contributed by atoms with E-state index in [0.29, 0.717) is 17.9 Å². The molecule has 0 saturated carbocycles. The fourth-order valence-corrected chi connectivity index (χ4v) is 2.69. The molecule has 0 radical (unpaired) electrons. The van der Waals surface area contributed by atoms with Crippen molar-refractivity contribution in [1.82, 2.24) is 5.32 Å². The number of likely N-dealkylation sites (N-methyl/N-ethyl adjacent to an activating group) is 1. The fourth-order valence-electron chi connectivity index (χ4n) is 2.69. The van der Waals surface area contributed by atoms with Crippen LogP contribution in [0.15, 0.2) is 30.3 Å². The molecule has 5 nitrogen and oxygen atoms in total. The predicted molar refractivity (Wildman–Crippen MR) is 101 cm³/mol. The van der Waals surface area contributed by atoms with Gasteiger partial charge in [0.2, 0.25) is 0 Å². The average molecular weight is 355 g/mol. The molecule has 0 heterocycles. The zero-order valence-corrected chi connectivity index (χ0v) is 15.9. The van der Waals surface area contributed by atoms with E-state index in [0.717, 1.165) is 16.9 Å². The highest BCUT2D eigenvalue weighted by Crippen LogP contribution is 2.28. The van der Waals surface area contributed by atoms with Crippen LogP contribution >= 0.6 is 0 Å². The Kier molecular flexibility index (Phi) is 6.39. The van der Waals surface area contributed by atoms with Crippen molar-refractivity contribution in [1.29, 1.82) is 0 Å². The van der Waals surface area contributed by atoms with Crippen LogP contribution in [0.2, 0.25) is 0 Å². The second-order valence-corrected chi connectivity index (χ2v) is 6.11. The molecule has 5 heteroatoms. The van der Waals surface area contributed by atoms with Gasteiger partial charge in [0.25, 0.3) is 11.7 Å². The zero-order valence-electron chi connectivity index (χ0n) is 15.9. The summed E-state index contributed by atoms with van der Waals surface area (Å²) in [5, 5.41) is 2.37. The Morgan fingerprint density at radius 1 is 0.962 bits per heavy atom. The highest BCUT2D eigenvalue weighted by Gasteiger charge is 2.21. The lowest BCUT2D eigenvalue weighted by Gasteiger charge is -2.16. The summed E-state index contributed by atoms with van der Waals surface area (Å²) in [4.78, 5) is 24.2. The number of carbonyl (C=O) groups is 2. The highest BCUT2D eigenvalue weighted by molar-refractivity contribution is 6.43. The van der Waals surface area contributed by atoms with Crippen LogP contribution in [-0.4, -0.2) is 25.3 Å². The third-order valence-corrected chi connectivity index (χ3v) is 4.27. The maximum atomic E-state index is 12.4. The van der Waals surface area contributed by atoms with Crippen molar-refractivity contribution in [2.75, 3.05) is 13.7 Å². The van der Waals surface area contributed by atoms with Crippen molar-refractivity contribution in [2.45, 2.75) is 34.3 Å². The fraction of sp³-hybridized carbons (Fsp3) is 0.333. The SMILES string of the molecule is CCOc1cccc(C(=O)C(=O)NC)c1COc1cc(C)c(C)cc1C. The summed E-state index contributed by atoms with van der Waals surface area (Å²) in [7, 11) is 1.43. The molecule has 138 valence electrons. The number of nitrogens with one attached hydrogen (secondary N) is 1. The van der Waals surface area contributed by atoms with Gasteiger partial charge in [-0.25, -0.2) is 0 Å². The van der Waals surface area contributed by atoms with Gasteiger partial charge < -0.3 is 14.8 Å². The number of ether oxygens (including phenoxy) is 2. The molecular formula is C21H25NO4. The van der Waals surface area contributed by atoms with Gasteiger partial charge in [-0.1, -0.05) is 18.2 Å². The Hall–Kier alpha value is -2.82. The molecule has 2 rings (SSSR count). The largest absolute Gasteiger partial charge is 0.493 e. The van der Waals surface area contributed by atoms with Crippen molar-refractivity contribution in [3.05, 3.63) is 58.1 Å². The summed E-state index contributed by atoms with van der Waals surface area (Å²) in [5.41, 5.74) is 4.20. The summed E-state index contributed by atoms with van der Waals surface area (Å²) >= 11 is 0. The molecule has 2 aromatic carbocycles. The van der Waals surface area contributed by atoms with Gasteiger partial charge in [-0.15, -0.1) is 0 Å². The monoisotopic (exact) mass is 355 g/mol. The second-order valence-electron chi connectivity index (χ2n) is 6.11. The Balaban J connectivity index is 2.39. The number of benzene rings is 2. The minimum absolute atomic E-state index is 0.136. The van der Waals surface area contributed by atoms with Crippen molar-refractivity contribution < 1.29 is 19.1 Å². The molecule has 1 N–H and O–H groups in total. The Morgan fingerprint density at radius 3 is 2.31 bits per heavy atom.